The zero-order chi connectivity index (χ0) is 7.98. The Balaban J connectivity index is 3.31. The maximum absolute atomic E-state index is 10.6. The Hall–Kier alpha value is -0.440. The highest BCUT2D eigenvalue weighted by molar-refractivity contribution is 7.85. The molecule has 0 atom stereocenters. The van der Waals surface area contributed by atoms with Gasteiger partial charge in [0, 0.05) is 0 Å². The highest BCUT2D eigenvalue weighted by Gasteiger charge is 2.01. The number of unbranched alkanes of at least 4 members (excludes halogenated alkanes) is 1. The van der Waals surface area contributed by atoms with Crippen LogP contribution in [0.15, 0.2) is 11.5 Å². The largest absolute Gasteiger partial charge is 0.462 e. The van der Waals surface area contributed by atoms with Crippen LogP contribution in [0.3, 0.4) is 0 Å². The summed E-state index contributed by atoms with van der Waals surface area (Å²) in [6, 6.07) is 0. The fourth-order valence-corrected chi connectivity index (χ4v) is 0.457. The fraction of sp³-hybridized carbons (Fsp3) is 0.571. The summed E-state index contributed by atoms with van der Waals surface area (Å²) in [6.07, 6.45) is 1.92. The summed E-state index contributed by atoms with van der Waals surface area (Å²) in [5.41, 5.74) is 0. The highest BCUT2D eigenvalue weighted by atomic mass is 32.1. The lowest BCUT2D eigenvalue weighted by Gasteiger charge is -2.00. The Morgan fingerprint density at radius 2 is 2.30 bits per heavy atom. The van der Waals surface area contributed by atoms with Crippen LogP contribution in [-0.4, -0.2) is 12.6 Å². The van der Waals surface area contributed by atoms with Crippen molar-refractivity contribution in [3.8, 4) is 0 Å². The van der Waals surface area contributed by atoms with Crippen molar-refractivity contribution in [2.24, 2.45) is 0 Å². The number of thiol groups is 1. The summed E-state index contributed by atoms with van der Waals surface area (Å²) in [6.45, 7) is 5.82. The molecule has 0 aromatic rings. The third-order valence-electron chi connectivity index (χ3n) is 0.967. The first-order valence-electron chi connectivity index (χ1n) is 3.23. The Kier molecular flexibility index (Phi) is 5.12. The number of hydrogen-bond acceptors (Lipinski definition) is 3. The molecule has 0 spiro atoms. The lowest BCUT2D eigenvalue weighted by Crippen LogP contribution is -2.04. The summed E-state index contributed by atoms with van der Waals surface area (Å²) in [4.78, 5) is 10.8. The number of ether oxygens (including phenoxy) is 1. The maximum atomic E-state index is 10.6. The van der Waals surface area contributed by atoms with Gasteiger partial charge in [0.25, 0.3) is 0 Å². The molecule has 58 valence electrons. The van der Waals surface area contributed by atoms with Crippen molar-refractivity contribution in [2.75, 3.05) is 6.61 Å². The summed E-state index contributed by atoms with van der Waals surface area (Å²) >= 11 is 3.73. The van der Waals surface area contributed by atoms with Gasteiger partial charge in [0.2, 0.25) is 0 Å². The van der Waals surface area contributed by atoms with Crippen molar-refractivity contribution in [3.05, 3.63) is 11.5 Å². The van der Waals surface area contributed by atoms with Crippen molar-refractivity contribution in [3.63, 3.8) is 0 Å². The van der Waals surface area contributed by atoms with Gasteiger partial charge in [-0.3, -0.25) is 0 Å². The molecule has 0 aliphatic heterocycles. The number of esters is 1. The van der Waals surface area contributed by atoms with Crippen molar-refractivity contribution in [1.29, 1.82) is 0 Å². The normalized spacial score (nSPS) is 9.00. The molecule has 0 bridgehead atoms. The summed E-state index contributed by atoms with van der Waals surface area (Å²) < 4.78 is 4.73. The number of carbonyl (C=O) groups excluding carboxylic acids is 1. The Morgan fingerprint density at radius 1 is 1.70 bits per heavy atom. The molecule has 0 aliphatic carbocycles. The second-order valence-electron chi connectivity index (χ2n) is 1.94. The van der Waals surface area contributed by atoms with Gasteiger partial charge in [0.05, 0.1) is 11.5 Å². The molecule has 0 amide bonds. The number of hydrogen-bond donors (Lipinski definition) is 1. The molecule has 0 aliphatic rings. The molecule has 0 N–H and O–H groups in total. The number of rotatable bonds is 4. The first-order valence-corrected chi connectivity index (χ1v) is 3.68. The quantitative estimate of drug-likeness (QED) is 0.293. The van der Waals surface area contributed by atoms with E-state index in [-0.39, 0.29) is 4.91 Å². The smallest absolute Gasteiger partial charge is 0.343 e. The summed E-state index contributed by atoms with van der Waals surface area (Å²) in [5, 5.41) is 0. The van der Waals surface area contributed by atoms with Crippen LogP contribution in [0.1, 0.15) is 19.8 Å². The van der Waals surface area contributed by atoms with E-state index in [1.54, 1.807) is 0 Å². The van der Waals surface area contributed by atoms with Gasteiger partial charge in [0.15, 0.2) is 0 Å². The second kappa shape index (κ2) is 5.35. The predicted molar refractivity (Wildman–Crippen MR) is 44.0 cm³/mol. The molecule has 0 saturated heterocycles. The molecule has 10 heavy (non-hydrogen) atoms. The monoisotopic (exact) mass is 160 g/mol. The average molecular weight is 160 g/mol. The van der Waals surface area contributed by atoms with Crippen molar-refractivity contribution in [1.82, 2.24) is 0 Å². The maximum Gasteiger partial charge on any atom is 0.343 e. The van der Waals surface area contributed by atoms with E-state index in [1.165, 1.54) is 0 Å². The van der Waals surface area contributed by atoms with Crippen LogP contribution in [0.4, 0.5) is 0 Å². The molecular weight excluding hydrogens is 148 g/mol. The molecule has 0 saturated carbocycles. The van der Waals surface area contributed by atoms with E-state index in [1.807, 2.05) is 6.92 Å². The molecule has 0 heterocycles. The lowest BCUT2D eigenvalue weighted by molar-refractivity contribution is -0.138. The van der Waals surface area contributed by atoms with E-state index in [9.17, 15) is 4.79 Å². The molecule has 0 fully saturated rings. The van der Waals surface area contributed by atoms with Crippen LogP contribution < -0.4 is 0 Å². The van der Waals surface area contributed by atoms with Gasteiger partial charge < -0.3 is 4.74 Å². The minimum absolute atomic E-state index is 0.163. The van der Waals surface area contributed by atoms with Crippen molar-refractivity contribution < 1.29 is 9.53 Å². The highest BCUT2D eigenvalue weighted by Crippen LogP contribution is 1.99. The molecule has 0 unspecified atom stereocenters. The Bertz CT molecular complexity index is 132. The first kappa shape index (κ1) is 9.56. The summed E-state index contributed by atoms with van der Waals surface area (Å²) in [7, 11) is 0. The van der Waals surface area contributed by atoms with E-state index < -0.39 is 5.97 Å². The molecule has 0 aromatic heterocycles. The van der Waals surface area contributed by atoms with E-state index >= 15 is 0 Å². The molecular formula is C7H12O2S. The van der Waals surface area contributed by atoms with Crippen LogP contribution in [0, 0.1) is 0 Å². The van der Waals surface area contributed by atoms with Crippen LogP contribution in [0.5, 0.6) is 0 Å². The Labute approximate surface area is 66.7 Å². The van der Waals surface area contributed by atoms with Gasteiger partial charge >= 0.3 is 5.97 Å². The van der Waals surface area contributed by atoms with Gasteiger partial charge in [-0.1, -0.05) is 19.9 Å². The second-order valence-corrected chi connectivity index (χ2v) is 2.48. The summed E-state index contributed by atoms with van der Waals surface area (Å²) in [5.74, 6) is -0.420. The minimum Gasteiger partial charge on any atom is -0.462 e. The van der Waals surface area contributed by atoms with Crippen LogP contribution >= 0.6 is 12.6 Å². The predicted octanol–water partition coefficient (Wildman–Crippen LogP) is 1.77. The third kappa shape index (κ3) is 4.44. The molecule has 2 nitrogen and oxygen atoms in total. The number of carbonyl (C=O) groups is 1. The van der Waals surface area contributed by atoms with Gasteiger partial charge in [-0.25, -0.2) is 4.79 Å². The van der Waals surface area contributed by atoms with Crippen LogP contribution in [0.2, 0.25) is 0 Å². The first-order chi connectivity index (χ1) is 4.68. The van der Waals surface area contributed by atoms with Gasteiger partial charge in [-0.15, -0.1) is 12.6 Å². The lowest BCUT2D eigenvalue weighted by atomic mass is 10.4. The molecule has 0 rings (SSSR count). The van der Waals surface area contributed by atoms with Gasteiger partial charge in [0.1, 0.15) is 0 Å². The third-order valence-corrected chi connectivity index (χ3v) is 1.15. The van der Waals surface area contributed by atoms with E-state index in [2.05, 4.69) is 19.2 Å². The fourth-order valence-electron chi connectivity index (χ4n) is 0.393. The van der Waals surface area contributed by atoms with Gasteiger partial charge in [-0.2, -0.15) is 0 Å². The molecule has 3 heteroatoms. The molecule has 0 aromatic carbocycles. The minimum atomic E-state index is -0.420. The SMILES string of the molecule is C=C(S)C(=O)OCCCC. The zero-order valence-corrected chi connectivity index (χ0v) is 6.99. The van der Waals surface area contributed by atoms with E-state index in [4.69, 9.17) is 4.74 Å². The Morgan fingerprint density at radius 3 is 2.70 bits per heavy atom. The average Bonchev–Trinajstić information content (AvgIpc) is 1.88. The standard InChI is InChI=1S/C7H12O2S/c1-3-4-5-9-7(8)6(2)10/h10H,2-5H2,1H3. The van der Waals surface area contributed by atoms with Crippen LogP contribution in [0.25, 0.3) is 0 Å². The van der Waals surface area contributed by atoms with E-state index in [0.29, 0.717) is 6.61 Å². The van der Waals surface area contributed by atoms with Crippen molar-refractivity contribution in [2.45, 2.75) is 19.8 Å². The van der Waals surface area contributed by atoms with E-state index in [0.717, 1.165) is 12.8 Å². The zero-order valence-electron chi connectivity index (χ0n) is 6.09. The van der Waals surface area contributed by atoms with Crippen LogP contribution in [-0.2, 0) is 9.53 Å². The topological polar surface area (TPSA) is 26.3 Å². The van der Waals surface area contributed by atoms with Crippen molar-refractivity contribution >= 4 is 18.6 Å². The molecule has 0 radical (unpaired) electrons. The van der Waals surface area contributed by atoms with Gasteiger partial charge in [-0.05, 0) is 6.42 Å².